The molecule has 17 heavy (non-hydrogen) atoms. The van der Waals surface area contributed by atoms with Crippen LogP contribution in [0.5, 0.6) is 0 Å². The van der Waals surface area contributed by atoms with E-state index in [4.69, 9.17) is 0 Å². The molecule has 1 fully saturated rings. The zero-order chi connectivity index (χ0) is 11.9. The summed E-state index contributed by atoms with van der Waals surface area (Å²) in [7, 11) is 0. The molecule has 0 aliphatic carbocycles. The molecule has 0 unspecified atom stereocenters. The third-order valence-electron chi connectivity index (χ3n) is 3.15. The number of anilines is 1. The van der Waals surface area contributed by atoms with Crippen molar-refractivity contribution in [3.63, 3.8) is 0 Å². The minimum absolute atomic E-state index is 0.745. The number of carbonyl (C=O) groups is 1. The lowest BCUT2D eigenvalue weighted by molar-refractivity contribution is -0.109. The van der Waals surface area contributed by atoms with Crippen LogP contribution in [0.1, 0.15) is 0 Å². The van der Waals surface area contributed by atoms with Crippen molar-refractivity contribution >= 4 is 12.1 Å². The van der Waals surface area contributed by atoms with E-state index in [0.717, 1.165) is 45.7 Å². The van der Waals surface area contributed by atoms with Gasteiger partial charge in [-0.25, -0.2) is 0 Å². The van der Waals surface area contributed by atoms with Gasteiger partial charge in [0.25, 0.3) is 0 Å². The fourth-order valence-electron chi connectivity index (χ4n) is 2.15. The molecule has 1 aromatic carbocycles. The minimum atomic E-state index is 0.745. The second-order valence-corrected chi connectivity index (χ2v) is 4.24. The lowest BCUT2D eigenvalue weighted by atomic mass is 10.2. The highest BCUT2D eigenvalue weighted by atomic mass is 16.1. The lowest BCUT2D eigenvalue weighted by Crippen LogP contribution is -2.48. The normalized spacial score (nSPS) is 16.8. The van der Waals surface area contributed by atoms with Crippen LogP contribution < -0.4 is 10.2 Å². The predicted molar refractivity (Wildman–Crippen MR) is 69.2 cm³/mol. The van der Waals surface area contributed by atoms with Crippen LogP contribution >= 0.6 is 0 Å². The molecule has 4 nitrogen and oxygen atoms in total. The number of benzene rings is 1. The van der Waals surface area contributed by atoms with Gasteiger partial charge in [-0.3, -0.25) is 9.69 Å². The van der Waals surface area contributed by atoms with Crippen molar-refractivity contribution in [3.05, 3.63) is 30.3 Å². The number of amides is 1. The van der Waals surface area contributed by atoms with Crippen LogP contribution in [0.2, 0.25) is 0 Å². The van der Waals surface area contributed by atoms with Gasteiger partial charge in [0, 0.05) is 45.0 Å². The smallest absolute Gasteiger partial charge is 0.207 e. The summed E-state index contributed by atoms with van der Waals surface area (Å²) in [5.74, 6) is 0. The van der Waals surface area contributed by atoms with E-state index in [0.29, 0.717) is 0 Å². The fourth-order valence-corrected chi connectivity index (χ4v) is 2.15. The molecule has 0 spiro atoms. The molecule has 0 aromatic heterocycles. The molecule has 2 rings (SSSR count). The van der Waals surface area contributed by atoms with Gasteiger partial charge in [0.1, 0.15) is 0 Å². The summed E-state index contributed by atoms with van der Waals surface area (Å²) in [6.45, 7) is 5.94. The maximum atomic E-state index is 10.1. The van der Waals surface area contributed by atoms with Gasteiger partial charge >= 0.3 is 0 Å². The van der Waals surface area contributed by atoms with Crippen molar-refractivity contribution in [2.24, 2.45) is 0 Å². The summed E-state index contributed by atoms with van der Waals surface area (Å²) >= 11 is 0. The number of nitrogens with one attached hydrogen (secondary N) is 1. The first kappa shape index (κ1) is 11.9. The van der Waals surface area contributed by atoms with Gasteiger partial charge in [-0.05, 0) is 12.1 Å². The standard InChI is InChI=1S/C13H19N3O/c17-12-14-6-7-15-8-10-16(11-9-15)13-4-2-1-3-5-13/h1-5,12H,6-11H2,(H,14,17). The van der Waals surface area contributed by atoms with Crippen molar-refractivity contribution in [1.29, 1.82) is 0 Å². The van der Waals surface area contributed by atoms with E-state index in [9.17, 15) is 4.79 Å². The molecule has 1 aromatic rings. The summed E-state index contributed by atoms with van der Waals surface area (Å²) in [5.41, 5.74) is 1.30. The summed E-state index contributed by atoms with van der Waals surface area (Å²) in [6.07, 6.45) is 0.764. The van der Waals surface area contributed by atoms with Crippen LogP contribution in [-0.2, 0) is 4.79 Å². The van der Waals surface area contributed by atoms with E-state index in [2.05, 4.69) is 39.4 Å². The molecule has 1 aliphatic heterocycles. The topological polar surface area (TPSA) is 35.6 Å². The Bertz CT molecular complexity index is 334. The van der Waals surface area contributed by atoms with Gasteiger partial charge in [-0.2, -0.15) is 0 Å². The number of piperazine rings is 1. The Morgan fingerprint density at radius 2 is 1.82 bits per heavy atom. The Morgan fingerprint density at radius 1 is 1.12 bits per heavy atom. The molecule has 1 aliphatic rings. The Kier molecular flexibility index (Phi) is 4.38. The number of para-hydroxylation sites is 1. The van der Waals surface area contributed by atoms with Crippen molar-refractivity contribution in [2.45, 2.75) is 0 Å². The summed E-state index contributed by atoms with van der Waals surface area (Å²) in [4.78, 5) is 14.9. The summed E-state index contributed by atoms with van der Waals surface area (Å²) in [5, 5.41) is 2.70. The summed E-state index contributed by atoms with van der Waals surface area (Å²) in [6, 6.07) is 10.5. The molecule has 0 bridgehead atoms. The monoisotopic (exact) mass is 233 g/mol. The summed E-state index contributed by atoms with van der Waals surface area (Å²) < 4.78 is 0. The van der Waals surface area contributed by atoms with Crippen LogP contribution in [0.25, 0.3) is 0 Å². The highest BCUT2D eigenvalue weighted by Gasteiger charge is 2.16. The first-order valence-electron chi connectivity index (χ1n) is 6.09. The average Bonchev–Trinajstić information content (AvgIpc) is 2.41. The van der Waals surface area contributed by atoms with Crippen molar-refractivity contribution in [1.82, 2.24) is 10.2 Å². The van der Waals surface area contributed by atoms with Crippen molar-refractivity contribution in [3.8, 4) is 0 Å². The Balaban J connectivity index is 1.76. The first-order chi connectivity index (χ1) is 8.40. The lowest BCUT2D eigenvalue weighted by Gasteiger charge is -2.36. The fraction of sp³-hybridized carbons (Fsp3) is 0.462. The van der Waals surface area contributed by atoms with Crippen LogP contribution in [-0.4, -0.2) is 50.6 Å². The van der Waals surface area contributed by atoms with Crippen LogP contribution in [0.15, 0.2) is 30.3 Å². The van der Waals surface area contributed by atoms with E-state index in [-0.39, 0.29) is 0 Å². The van der Waals surface area contributed by atoms with Gasteiger partial charge in [-0.15, -0.1) is 0 Å². The number of hydrogen-bond acceptors (Lipinski definition) is 3. The van der Waals surface area contributed by atoms with Crippen LogP contribution in [0.3, 0.4) is 0 Å². The van der Waals surface area contributed by atoms with Crippen LogP contribution in [0, 0.1) is 0 Å². The third kappa shape index (κ3) is 3.46. The van der Waals surface area contributed by atoms with Crippen LogP contribution in [0.4, 0.5) is 5.69 Å². The zero-order valence-corrected chi connectivity index (χ0v) is 10.0. The van der Waals surface area contributed by atoms with E-state index in [1.54, 1.807) is 0 Å². The van der Waals surface area contributed by atoms with Gasteiger partial charge in [-0.1, -0.05) is 18.2 Å². The highest BCUT2D eigenvalue weighted by molar-refractivity contribution is 5.46. The molecule has 0 atom stereocenters. The largest absolute Gasteiger partial charge is 0.369 e. The van der Waals surface area contributed by atoms with Gasteiger partial charge in [0.15, 0.2) is 0 Å². The predicted octanol–water partition coefficient (Wildman–Crippen LogP) is 0.555. The first-order valence-corrected chi connectivity index (χ1v) is 6.09. The molecule has 1 amide bonds. The van der Waals surface area contributed by atoms with E-state index in [1.165, 1.54) is 5.69 Å². The van der Waals surface area contributed by atoms with Gasteiger partial charge in [0.2, 0.25) is 6.41 Å². The average molecular weight is 233 g/mol. The number of carbonyl (C=O) groups excluding carboxylic acids is 1. The number of rotatable bonds is 5. The van der Waals surface area contributed by atoms with Crippen molar-refractivity contribution in [2.75, 3.05) is 44.2 Å². The third-order valence-corrected chi connectivity index (χ3v) is 3.15. The zero-order valence-electron chi connectivity index (χ0n) is 10.0. The Labute approximate surface area is 102 Å². The Morgan fingerprint density at radius 3 is 2.47 bits per heavy atom. The van der Waals surface area contributed by atoms with Gasteiger partial charge in [0.05, 0.1) is 0 Å². The molecular formula is C13H19N3O. The van der Waals surface area contributed by atoms with Gasteiger partial charge < -0.3 is 10.2 Å². The number of hydrogen-bond donors (Lipinski definition) is 1. The molecule has 0 saturated carbocycles. The SMILES string of the molecule is O=CNCCN1CCN(c2ccccc2)CC1. The molecule has 1 saturated heterocycles. The van der Waals surface area contributed by atoms with E-state index >= 15 is 0 Å². The molecule has 1 heterocycles. The minimum Gasteiger partial charge on any atom is -0.369 e. The quantitative estimate of drug-likeness (QED) is 0.596. The maximum absolute atomic E-state index is 10.1. The second kappa shape index (κ2) is 6.25. The maximum Gasteiger partial charge on any atom is 0.207 e. The molecule has 1 N–H and O–H groups in total. The van der Waals surface area contributed by atoms with E-state index < -0.39 is 0 Å². The molecule has 4 heteroatoms. The molecule has 92 valence electrons. The highest BCUT2D eigenvalue weighted by Crippen LogP contribution is 2.15. The van der Waals surface area contributed by atoms with Crippen molar-refractivity contribution < 1.29 is 4.79 Å². The Hall–Kier alpha value is -1.55. The number of nitrogens with zero attached hydrogens (tertiary/aromatic N) is 2. The molecule has 0 radical (unpaired) electrons. The molecular weight excluding hydrogens is 214 g/mol. The second-order valence-electron chi connectivity index (χ2n) is 4.24. The van der Waals surface area contributed by atoms with E-state index in [1.807, 2.05) is 6.07 Å².